The number of morpholine rings is 1. The molecule has 3 aliphatic rings. The van der Waals surface area contributed by atoms with Crippen LogP contribution in [0.5, 0.6) is 5.75 Å². The standard InChI is InChI=1S/C47H44N4O7/c1-3-27-48-43(53)38-40-44(54)58-41(33-19-11-6-12-20-33)39(32-17-9-5-10-18-32)51(40)42(34-23-25-35(26-24-34)57-29-28-52)47(38)36-21-13-14-22-37(36)50(45(47)55)46(56)49-30(2)31-15-7-4-8-16-31/h3-26,30,38-42,52H,1,27-29H2,2H3,(H,48,53)(H,49,56)/t30-,38+,39+,40+,41-,42-,47+/m1/s1. The van der Waals surface area contributed by atoms with Crippen LogP contribution in [-0.4, -0.2) is 59.6 Å². The van der Waals surface area contributed by atoms with Gasteiger partial charge in [0, 0.05) is 6.54 Å². The Hall–Kier alpha value is -6.56. The lowest BCUT2D eigenvalue weighted by Gasteiger charge is -2.46. The fourth-order valence-corrected chi connectivity index (χ4v) is 9.13. The molecule has 0 aromatic heterocycles. The van der Waals surface area contributed by atoms with E-state index in [0.717, 1.165) is 21.6 Å². The van der Waals surface area contributed by atoms with Crippen molar-refractivity contribution in [3.63, 3.8) is 0 Å². The summed E-state index contributed by atoms with van der Waals surface area (Å²) in [5, 5.41) is 15.4. The number of hydrogen-bond donors (Lipinski definition) is 3. The number of aliphatic hydroxyl groups is 1. The normalized spacial score (nSPS) is 24.0. The Kier molecular flexibility index (Phi) is 10.7. The van der Waals surface area contributed by atoms with Gasteiger partial charge in [0.25, 0.3) is 0 Å². The fraction of sp³-hybridized carbons (Fsp3) is 0.234. The molecular weight excluding hydrogens is 733 g/mol. The first-order valence-corrected chi connectivity index (χ1v) is 19.4. The fourth-order valence-electron chi connectivity index (χ4n) is 9.13. The zero-order valence-corrected chi connectivity index (χ0v) is 31.9. The van der Waals surface area contributed by atoms with Gasteiger partial charge in [-0.05, 0) is 52.9 Å². The zero-order chi connectivity index (χ0) is 40.4. The van der Waals surface area contributed by atoms with Crippen LogP contribution in [0.15, 0.2) is 152 Å². The van der Waals surface area contributed by atoms with Gasteiger partial charge in [0.1, 0.15) is 29.9 Å². The van der Waals surface area contributed by atoms with Crippen molar-refractivity contribution in [3.8, 4) is 5.75 Å². The van der Waals surface area contributed by atoms with Crippen molar-refractivity contribution >= 4 is 29.5 Å². The maximum atomic E-state index is 16.0. The maximum absolute atomic E-state index is 16.0. The number of nitrogens with one attached hydrogen (secondary N) is 2. The van der Waals surface area contributed by atoms with Gasteiger partial charge < -0.3 is 25.2 Å². The molecule has 4 amide bonds. The van der Waals surface area contributed by atoms with Gasteiger partial charge in [0.2, 0.25) is 11.8 Å². The minimum atomic E-state index is -1.84. The number of amides is 4. The molecule has 0 radical (unpaired) electrons. The summed E-state index contributed by atoms with van der Waals surface area (Å²) in [4.78, 5) is 63.7. The predicted octanol–water partition coefficient (Wildman–Crippen LogP) is 6.50. The molecule has 5 aromatic rings. The monoisotopic (exact) mass is 776 g/mol. The molecule has 3 aliphatic heterocycles. The van der Waals surface area contributed by atoms with Crippen molar-refractivity contribution in [2.24, 2.45) is 5.92 Å². The van der Waals surface area contributed by atoms with E-state index >= 15 is 4.79 Å². The summed E-state index contributed by atoms with van der Waals surface area (Å²) in [5.41, 5.74) is 1.87. The van der Waals surface area contributed by atoms with Crippen LogP contribution in [0.2, 0.25) is 0 Å². The van der Waals surface area contributed by atoms with E-state index in [-0.39, 0.29) is 19.8 Å². The molecule has 2 fully saturated rings. The van der Waals surface area contributed by atoms with Crippen LogP contribution >= 0.6 is 0 Å². The summed E-state index contributed by atoms with van der Waals surface area (Å²) < 4.78 is 12.2. The molecule has 294 valence electrons. The molecule has 2 saturated heterocycles. The van der Waals surface area contributed by atoms with Crippen molar-refractivity contribution in [3.05, 3.63) is 180 Å². The topological polar surface area (TPSA) is 138 Å². The predicted molar refractivity (Wildman–Crippen MR) is 218 cm³/mol. The van der Waals surface area contributed by atoms with Gasteiger partial charge in [-0.3, -0.25) is 19.3 Å². The van der Waals surface area contributed by atoms with Gasteiger partial charge in [0.15, 0.2) is 0 Å². The first-order chi connectivity index (χ1) is 28.3. The van der Waals surface area contributed by atoms with E-state index in [1.165, 1.54) is 6.08 Å². The van der Waals surface area contributed by atoms with E-state index in [1.54, 1.807) is 36.4 Å². The van der Waals surface area contributed by atoms with Crippen molar-refractivity contribution in [2.75, 3.05) is 24.7 Å². The number of urea groups is 1. The number of carbonyl (C=O) groups excluding carboxylic acids is 4. The van der Waals surface area contributed by atoms with Gasteiger partial charge in [0.05, 0.1) is 36.3 Å². The van der Waals surface area contributed by atoms with Crippen LogP contribution in [0.1, 0.15) is 59.0 Å². The van der Waals surface area contributed by atoms with E-state index in [9.17, 15) is 19.5 Å². The summed E-state index contributed by atoms with van der Waals surface area (Å²) >= 11 is 0. The molecular formula is C47H44N4O7. The number of esters is 1. The SMILES string of the molecule is C=CCNC(=O)[C@@H]1[C@H]2C(=O)O[C@H](c3ccccc3)[C@H](c3ccccc3)N2[C@H](c2ccc(OCCO)cc2)[C@@]12C(=O)N(C(=O)N[C@H](C)c1ccccc1)c1ccccc12. The highest BCUT2D eigenvalue weighted by Gasteiger charge is 2.75. The minimum Gasteiger partial charge on any atom is -0.491 e. The number of fused-ring (bicyclic) bond motifs is 3. The number of hydrogen-bond acceptors (Lipinski definition) is 8. The average molecular weight is 777 g/mol. The van der Waals surface area contributed by atoms with Crippen LogP contribution in [0.3, 0.4) is 0 Å². The number of para-hydroxylation sites is 1. The van der Waals surface area contributed by atoms with Gasteiger partial charge in [-0.1, -0.05) is 127 Å². The van der Waals surface area contributed by atoms with Crippen molar-refractivity contribution in [1.82, 2.24) is 15.5 Å². The third-order valence-corrected chi connectivity index (χ3v) is 11.5. The molecule has 8 rings (SSSR count). The number of nitrogens with zero attached hydrogens (tertiary/aromatic N) is 2. The third kappa shape index (κ3) is 6.42. The molecule has 3 heterocycles. The molecule has 11 nitrogen and oxygen atoms in total. The van der Waals surface area contributed by atoms with Crippen molar-refractivity contribution in [1.29, 1.82) is 0 Å². The Morgan fingerprint density at radius 1 is 0.828 bits per heavy atom. The Morgan fingerprint density at radius 3 is 2.10 bits per heavy atom. The highest BCUT2D eigenvalue weighted by Crippen LogP contribution is 2.65. The van der Waals surface area contributed by atoms with E-state index < -0.39 is 65.4 Å². The molecule has 3 N–H and O–H groups in total. The molecule has 11 heteroatoms. The number of imide groups is 1. The second-order valence-electron chi connectivity index (χ2n) is 14.7. The van der Waals surface area contributed by atoms with Crippen molar-refractivity contribution in [2.45, 2.75) is 42.6 Å². The molecule has 0 unspecified atom stereocenters. The highest BCUT2D eigenvalue weighted by molar-refractivity contribution is 6.24. The number of aliphatic hydroxyl groups excluding tert-OH is 1. The van der Waals surface area contributed by atoms with Crippen LogP contribution in [-0.2, 0) is 24.5 Å². The Morgan fingerprint density at radius 2 is 1.45 bits per heavy atom. The van der Waals surface area contributed by atoms with Gasteiger partial charge in [-0.25, -0.2) is 9.69 Å². The summed E-state index contributed by atoms with van der Waals surface area (Å²) in [6, 6.07) is 38.4. The number of anilines is 1. The first kappa shape index (κ1) is 38.3. The van der Waals surface area contributed by atoms with E-state index in [0.29, 0.717) is 22.6 Å². The molecule has 7 atom stereocenters. The molecule has 5 aromatic carbocycles. The quantitative estimate of drug-likeness (QED) is 0.102. The van der Waals surface area contributed by atoms with Gasteiger partial charge in [-0.2, -0.15) is 0 Å². The van der Waals surface area contributed by atoms with Crippen molar-refractivity contribution < 1.29 is 33.8 Å². The van der Waals surface area contributed by atoms with Crippen LogP contribution in [0.25, 0.3) is 0 Å². The average Bonchev–Trinajstić information content (AvgIpc) is 3.72. The first-order valence-electron chi connectivity index (χ1n) is 19.4. The smallest absolute Gasteiger partial charge is 0.329 e. The minimum absolute atomic E-state index is 0.0676. The van der Waals surface area contributed by atoms with Gasteiger partial charge >= 0.3 is 12.0 Å². The molecule has 0 bridgehead atoms. The van der Waals surface area contributed by atoms with E-state index in [4.69, 9.17) is 9.47 Å². The second kappa shape index (κ2) is 16.1. The molecule has 0 aliphatic carbocycles. The number of cyclic esters (lactones) is 1. The maximum Gasteiger partial charge on any atom is 0.329 e. The third-order valence-electron chi connectivity index (χ3n) is 11.5. The molecule has 0 saturated carbocycles. The zero-order valence-electron chi connectivity index (χ0n) is 31.9. The summed E-state index contributed by atoms with van der Waals surface area (Å²) in [7, 11) is 0. The Bertz CT molecular complexity index is 2310. The van der Waals surface area contributed by atoms with E-state index in [1.807, 2.05) is 115 Å². The summed E-state index contributed by atoms with van der Waals surface area (Å²) in [6.45, 7) is 5.59. The lowest BCUT2D eigenvalue weighted by Crippen LogP contribution is -2.56. The summed E-state index contributed by atoms with van der Waals surface area (Å²) in [5.74, 6) is -2.78. The Labute approximate surface area is 336 Å². The molecule has 58 heavy (non-hydrogen) atoms. The Balaban J connectivity index is 1.39. The highest BCUT2D eigenvalue weighted by atomic mass is 16.6. The second-order valence-corrected chi connectivity index (χ2v) is 14.7. The largest absolute Gasteiger partial charge is 0.491 e. The lowest BCUT2D eigenvalue weighted by molar-refractivity contribution is -0.178. The number of rotatable bonds is 11. The van der Waals surface area contributed by atoms with E-state index in [2.05, 4.69) is 17.2 Å². The van der Waals surface area contributed by atoms with Crippen LogP contribution in [0.4, 0.5) is 10.5 Å². The lowest BCUT2D eigenvalue weighted by atomic mass is 9.65. The molecule has 1 spiro atoms. The van der Waals surface area contributed by atoms with Crippen LogP contribution in [0, 0.1) is 5.92 Å². The number of ether oxygens (including phenoxy) is 2. The van der Waals surface area contributed by atoms with Gasteiger partial charge in [-0.15, -0.1) is 6.58 Å². The number of carbonyl (C=O) groups is 4. The summed E-state index contributed by atoms with van der Waals surface area (Å²) in [6.07, 6.45) is 0.693. The number of benzene rings is 5. The van der Waals surface area contributed by atoms with Crippen LogP contribution < -0.4 is 20.3 Å².